The molecule has 3 heterocycles. The van der Waals surface area contributed by atoms with Gasteiger partial charge < -0.3 is 9.80 Å². The number of non-ortho nitro benzene ring substituents is 2. The van der Waals surface area contributed by atoms with Gasteiger partial charge in [-0.05, 0) is 12.5 Å². The highest BCUT2D eigenvalue weighted by molar-refractivity contribution is 7.18. The average Bonchev–Trinajstić information content (AvgIpc) is 3.22. The maximum absolute atomic E-state index is 12.9. The fraction of sp³-hybridized carbons (Fsp3) is 0.316. The minimum Gasteiger partial charge on any atom is -0.352 e. The van der Waals surface area contributed by atoms with E-state index in [1.165, 1.54) is 11.2 Å². The number of piperazine rings is 1. The normalized spacial score (nSPS) is 14.1. The molecule has 1 aromatic carbocycles. The number of nitro groups is 2. The first-order valence-corrected chi connectivity index (χ1v) is 10.4. The molecular formula is C19H18N6O5S. The molecule has 31 heavy (non-hydrogen) atoms. The summed E-state index contributed by atoms with van der Waals surface area (Å²) in [6.07, 6.45) is 2.45. The van der Waals surface area contributed by atoms with Gasteiger partial charge in [0.05, 0.1) is 26.9 Å². The molecule has 3 aromatic rings. The molecule has 0 spiro atoms. The van der Waals surface area contributed by atoms with Crippen LogP contribution < -0.4 is 4.90 Å². The van der Waals surface area contributed by atoms with Crippen LogP contribution in [-0.4, -0.2) is 56.8 Å². The molecule has 0 N–H and O–H groups in total. The van der Waals surface area contributed by atoms with Gasteiger partial charge in [-0.1, -0.05) is 6.92 Å². The maximum atomic E-state index is 12.9. The fourth-order valence-corrected chi connectivity index (χ4v) is 4.48. The lowest BCUT2D eigenvalue weighted by atomic mass is 10.1. The topological polar surface area (TPSA) is 136 Å². The van der Waals surface area contributed by atoms with Crippen LogP contribution in [0.2, 0.25) is 0 Å². The number of benzene rings is 1. The number of hydrogen-bond acceptors (Lipinski definition) is 9. The second-order valence-corrected chi connectivity index (χ2v) is 8.13. The molecule has 1 aliphatic heterocycles. The van der Waals surface area contributed by atoms with E-state index in [4.69, 9.17) is 0 Å². The summed E-state index contributed by atoms with van der Waals surface area (Å²) in [6, 6.07) is 5.09. The fourth-order valence-electron chi connectivity index (χ4n) is 3.55. The van der Waals surface area contributed by atoms with Crippen molar-refractivity contribution in [2.75, 3.05) is 31.1 Å². The van der Waals surface area contributed by atoms with E-state index in [0.717, 1.165) is 40.7 Å². The largest absolute Gasteiger partial charge is 0.352 e. The van der Waals surface area contributed by atoms with Gasteiger partial charge in [-0.3, -0.25) is 25.0 Å². The van der Waals surface area contributed by atoms with Crippen LogP contribution in [0, 0.1) is 20.2 Å². The first-order valence-electron chi connectivity index (χ1n) is 9.59. The minimum atomic E-state index is -0.743. The third kappa shape index (κ3) is 4.01. The molecule has 2 aromatic heterocycles. The zero-order valence-electron chi connectivity index (χ0n) is 16.6. The van der Waals surface area contributed by atoms with Gasteiger partial charge in [0, 0.05) is 43.2 Å². The molecule has 1 aliphatic rings. The molecule has 0 aliphatic carbocycles. The van der Waals surface area contributed by atoms with Crippen molar-refractivity contribution in [3.63, 3.8) is 0 Å². The number of nitro benzene ring substituents is 2. The lowest BCUT2D eigenvalue weighted by Crippen LogP contribution is -2.49. The summed E-state index contributed by atoms with van der Waals surface area (Å²) >= 11 is 1.63. The van der Waals surface area contributed by atoms with Gasteiger partial charge in [0.1, 0.15) is 17.0 Å². The molecule has 1 saturated heterocycles. The lowest BCUT2D eigenvalue weighted by Gasteiger charge is -2.35. The van der Waals surface area contributed by atoms with Crippen LogP contribution in [0.5, 0.6) is 0 Å². The quantitative estimate of drug-likeness (QED) is 0.434. The van der Waals surface area contributed by atoms with E-state index in [-0.39, 0.29) is 5.56 Å². The Bertz CT molecular complexity index is 1160. The summed E-state index contributed by atoms with van der Waals surface area (Å²) in [5.41, 5.74) is -1.03. The minimum absolute atomic E-state index is 0.0656. The second kappa shape index (κ2) is 8.22. The van der Waals surface area contributed by atoms with Crippen molar-refractivity contribution >= 4 is 44.7 Å². The van der Waals surface area contributed by atoms with Crippen LogP contribution in [-0.2, 0) is 6.42 Å². The zero-order chi connectivity index (χ0) is 22.1. The van der Waals surface area contributed by atoms with Crippen molar-refractivity contribution in [3.05, 3.63) is 61.3 Å². The van der Waals surface area contributed by atoms with E-state index in [0.29, 0.717) is 26.2 Å². The molecule has 0 saturated carbocycles. The predicted molar refractivity (Wildman–Crippen MR) is 115 cm³/mol. The molecule has 1 amide bonds. The Morgan fingerprint density at radius 2 is 1.68 bits per heavy atom. The van der Waals surface area contributed by atoms with Crippen molar-refractivity contribution in [1.29, 1.82) is 0 Å². The molecule has 11 nitrogen and oxygen atoms in total. The number of anilines is 1. The van der Waals surface area contributed by atoms with Gasteiger partial charge in [-0.2, -0.15) is 0 Å². The summed E-state index contributed by atoms with van der Waals surface area (Å²) in [5, 5.41) is 23.2. The number of rotatable bonds is 5. The number of amides is 1. The van der Waals surface area contributed by atoms with Gasteiger partial charge in [-0.25, -0.2) is 9.97 Å². The van der Waals surface area contributed by atoms with Crippen molar-refractivity contribution in [2.45, 2.75) is 13.3 Å². The van der Waals surface area contributed by atoms with E-state index in [2.05, 4.69) is 27.9 Å². The van der Waals surface area contributed by atoms with E-state index >= 15 is 0 Å². The predicted octanol–water partition coefficient (Wildman–Crippen LogP) is 3.03. The average molecular weight is 442 g/mol. The maximum Gasteiger partial charge on any atom is 0.277 e. The van der Waals surface area contributed by atoms with Crippen LogP contribution in [0.4, 0.5) is 17.2 Å². The standard InChI is InChI=1S/C19H18N6O5S/c1-2-15-10-16-17(20-11-21-18(16)31-15)22-3-5-23(6-4-22)19(26)12-7-13(24(27)28)9-14(8-12)25(29)30/h7-11H,2-6H2,1H3. The monoisotopic (exact) mass is 442 g/mol. The number of carbonyl (C=O) groups is 1. The summed E-state index contributed by atoms with van der Waals surface area (Å²) < 4.78 is 0. The van der Waals surface area contributed by atoms with Crippen LogP contribution >= 0.6 is 11.3 Å². The van der Waals surface area contributed by atoms with Gasteiger partial charge in [0.2, 0.25) is 0 Å². The highest BCUT2D eigenvalue weighted by Gasteiger charge is 2.27. The molecule has 160 valence electrons. The smallest absolute Gasteiger partial charge is 0.277 e. The van der Waals surface area contributed by atoms with E-state index in [9.17, 15) is 25.0 Å². The molecule has 0 atom stereocenters. The number of hydrogen-bond donors (Lipinski definition) is 0. The second-order valence-electron chi connectivity index (χ2n) is 7.01. The third-order valence-electron chi connectivity index (χ3n) is 5.15. The number of thiophene rings is 1. The molecule has 0 unspecified atom stereocenters. The van der Waals surface area contributed by atoms with Crippen LogP contribution in [0.3, 0.4) is 0 Å². The molecule has 0 radical (unpaired) electrons. The van der Waals surface area contributed by atoms with Crippen LogP contribution in [0.15, 0.2) is 30.6 Å². The Kier molecular flexibility index (Phi) is 5.46. The molecule has 12 heteroatoms. The number of aryl methyl sites for hydroxylation is 1. The summed E-state index contributed by atoms with van der Waals surface area (Å²) in [5.74, 6) is 0.349. The summed E-state index contributed by atoms with van der Waals surface area (Å²) in [6.45, 7) is 3.86. The number of carbonyl (C=O) groups excluding carboxylic acids is 1. The number of nitrogens with zero attached hydrogens (tertiary/aromatic N) is 6. The Morgan fingerprint density at radius 3 is 2.26 bits per heavy atom. The van der Waals surface area contributed by atoms with Crippen molar-refractivity contribution < 1.29 is 14.6 Å². The Labute approximate surface area is 180 Å². The van der Waals surface area contributed by atoms with E-state index in [1.54, 1.807) is 16.2 Å². The highest BCUT2D eigenvalue weighted by Crippen LogP contribution is 2.31. The van der Waals surface area contributed by atoms with Crippen molar-refractivity contribution in [3.8, 4) is 0 Å². The molecule has 0 bridgehead atoms. The zero-order valence-corrected chi connectivity index (χ0v) is 17.4. The Hall–Kier alpha value is -3.67. The van der Waals surface area contributed by atoms with Crippen molar-refractivity contribution in [1.82, 2.24) is 14.9 Å². The molecule has 4 rings (SSSR count). The Balaban J connectivity index is 1.53. The third-order valence-corrected chi connectivity index (χ3v) is 6.33. The molecule has 1 fully saturated rings. The molecular weight excluding hydrogens is 424 g/mol. The van der Waals surface area contributed by atoms with E-state index in [1.807, 2.05) is 0 Å². The first kappa shape index (κ1) is 20.6. The number of fused-ring (bicyclic) bond motifs is 1. The Morgan fingerprint density at radius 1 is 1.03 bits per heavy atom. The van der Waals surface area contributed by atoms with Gasteiger partial charge in [0.15, 0.2) is 0 Å². The van der Waals surface area contributed by atoms with Crippen LogP contribution in [0.1, 0.15) is 22.2 Å². The van der Waals surface area contributed by atoms with Crippen molar-refractivity contribution in [2.24, 2.45) is 0 Å². The number of aromatic nitrogens is 2. The van der Waals surface area contributed by atoms with Gasteiger partial charge in [-0.15, -0.1) is 11.3 Å². The SMILES string of the molecule is CCc1cc2c(N3CCN(C(=O)c4cc([N+](=O)[O-])cc([N+](=O)[O-])c4)CC3)ncnc2s1. The van der Waals surface area contributed by atoms with Crippen LogP contribution in [0.25, 0.3) is 10.2 Å². The lowest BCUT2D eigenvalue weighted by molar-refractivity contribution is -0.394. The highest BCUT2D eigenvalue weighted by atomic mass is 32.1. The summed E-state index contributed by atoms with van der Waals surface area (Å²) in [7, 11) is 0. The first-order chi connectivity index (χ1) is 14.9. The summed E-state index contributed by atoms with van der Waals surface area (Å²) in [4.78, 5) is 48.1. The van der Waals surface area contributed by atoms with E-state index < -0.39 is 27.1 Å². The van der Waals surface area contributed by atoms with Gasteiger partial charge >= 0.3 is 0 Å². The van der Waals surface area contributed by atoms with Gasteiger partial charge in [0.25, 0.3) is 17.3 Å².